The molecule has 0 spiro atoms. The lowest BCUT2D eigenvalue weighted by atomic mass is 10.2. The molecule has 2 saturated heterocycles. The maximum absolute atomic E-state index is 12.5. The van der Waals surface area contributed by atoms with Gasteiger partial charge in [-0.3, -0.25) is 4.79 Å². The quantitative estimate of drug-likeness (QED) is 0.837. The minimum atomic E-state index is -3.37. The summed E-state index contributed by atoms with van der Waals surface area (Å²) in [7, 11) is -3.37. The maximum atomic E-state index is 12.5. The first-order valence-corrected chi connectivity index (χ1v) is 10.3. The number of nitrogens with one attached hydrogen (secondary N) is 1. The predicted molar refractivity (Wildman–Crippen MR) is 97.3 cm³/mol. The monoisotopic (exact) mass is 393 g/mol. The fourth-order valence-corrected chi connectivity index (χ4v) is 6.13. The number of hydrogen-bond donors (Lipinski definition) is 1. The third-order valence-corrected chi connectivity index (χ3v) is 7.89. The van der Waals surface area contributed by atoms with Crippen LogP contribution in [0.15, 0.2) is 16.3 Å². The third-order valence-electron chi connectivity index (χ3n) is 4.44. The van der Waals surface area contributed by atoms with E-state index in [1.54, 1.807) is 16.4 Å². The van der Waals surface area contributed by atoms with Gasteiger partial charge in [-0.1, -0.05) is 0 Å². The largest absolute Gasteiger partial charge is 0.337 e. The molecule has 1 amide bonds. The molecule has 0 aliphatic carbocycles. The number of thiophene rings is 1. The van der Waals surface area contributed by atoms with Crippen molar-refractivity contribution in [3.8, 4) is 0 Å². The Kier molecular flexibility index (Phi) is 6.66. The van der Waals surface area contributed by atoms with Gasteiger partial charge in [0, 0.05) is 43.6 Å². The van der Waals surface area contributed by atoms with E-state index >= 15 is 0 Å². The smallest absolute Gasteiger partial charge is 0.252 e. The standard InChI is InChI=1S/C15H23N3O3S2.ClH/c1-12-11-16-6-9-18(12)14(19)10-13-4-5-15(22-13)23(20,21)17-7-2-3-8-17;/h4-5,12,16H,2-3,6-11H2,1H3;1H. The Labute approximate surface area is 153 Å². The lowest BCUT2D eigenvalue weighted by Crippen LogP contribution is -2.52. The molecule has 1 N–H and O–H groups in total. The van der Waals surface area contributed by atoms with E-state index in [1.807, 2.05) is 11.8 Å². The first kappa shape index (κ1) is 19.7. The first-order chi connectivity index (χ1) is 11.0. The van der Waals surface area contributed by atoms with Crippen LogP contribution in [0, 0.1) is 0 Å². The van der Waals surface area contributed by atoms with Crippen LogP contribution >= 0.6 is 23.7 Å². The third kappa shape index (κ3) is 4.11. The van der Waals surface area contributed by atoms with Gasteiger partial charge in [-0.25, -0.2) is 8.42 Å². The molecule has 2 fully saturated rings. The van der Waals surface area contributed by atoms with Gasteiger partial charge < -0.3 is 10.2 Å². The molecule has 1 unspecified atom stereocenters. The van der Waals surface area contributed by atoms with Crippen LogP contribution in [0.4, 0.5) is 0 Å². The zero-order chi connectivity index (χ0) is 16.4. The molecule has 1 aromatic rings. The lowest BCUT2D eigenvalue weighted by molar-refractivity contribution is -0.133. The Morgan fingerprint density at radius 2 is 2.00 bits per heavy atom. The van der Waals surface area contributed by atoms with Crippen molar-refractivity contribution < 1.29 is 13.2 Å². The number of amides is 1. The molecule has 0 radical (unpaired) electrons. The summed E-state index contributed by atoms with van der Waals surface area (Å²) in [6, 6.07) is 3.60. The van der Waals surface area contributed by atoms with Crippen molar-refractivity contribution in [3.05, 3.63) is 17.0 Å². The molecule has 136 valence electrons. The normalized spacial score (nSPS) is 22.4. The minimum Gasteiger partial charge on any atom is -0.337 e. The maximum Gasteiger partial charge on any atom is 0.252 e. The van der Waals surface area contributed by atoms with Crippen molar-refractivity contribution in [2.45, 2.75) is 36.4 Å². The highest BCUT2D eigenvalue weighted by Gasteiger charge is 2.29. The van der Waals surface area contributed by atoms with Crippen LogP contribution in [0.3, 0.4) is 0 Å². The second kappa shape index (κ2) is 8.14. The number of nitrogens with zero attached hydrogens (tertiary/aromatic N) is 2. The Morgan fingerprint density at radius 3 is 2.67 bits per heavy atom. The van der Waals surface area contributed by atoms with E-state index in [0.717, 1.165) is 30.8 Å². The van der Waals surface area contributed by atoms with Crippen molar-refractivity contribution in [2.75, 3.05) is 32.7 Å². The summed E-state index contributed by atoms with van der Waals surface area (Å²) >= 11 is 1.23. The Hall–Kier alpha value is -0.670. The van der Waals surface area contributed by atoms with E-state index in [9.17, 15) is 13.2 Å². The number of halogens is 1. The van der Waals surface area contributed by atoms with Crippen LogP contribution in [0.5, 0.6) is 0 Å². The molecule has 3 heterocycles. The van der Waals surface area contributed by atoms with Gasteiger partial charge in [0.25, 0.3) is 10.0 Å². The average Bonchev–Trinajstić information content (AvgIpc) is 3.19. The van der Waals surface area contributed by atoms with Crippen LogP contribution in [-0.2, 0) is 21.2 Å². The van der Waals surface area contributed by atoms with Gasteiger partial charge in [0.15, 0.2) is 0 Å². The Bertz CT molecular complexity index is 671. The van der Waals surface area contributed by atoms with Gasteiger partial charge in [-0.2, -0.15) is 4.31 Å². The number of hydrogen-bond acceptors (Lipinski definition) is 5. The molecule has 6 nitrogen and oxygen atoms in total. The van der Waals surface area contributed by atoms with Crippen LogP contribution in [0.1, 0.15) is 24.6 Å². The average molecular weight is 394 g/mol. The first-order valence-electron chi connectivity index (χ1n) is 8.07. The summed E-state index contributed by atoms with van der Waals surface area (Å²) in [6.45, 7) is 5.57. The summed E-state index contributed by atoms with van der Waals surface area (Å²) in [6.07, 6.45) is 2.14. The topological polar surface area (TPSA) is 69.7 Å². The van der Waals surface area contributed by atoms with E-state index < -0.39 is 10.0 Å². The van der Waals surface area contributed by atoms with E-state index in [2.05, 4.69) is 5.32 Å². The van der Waals surface area contributed by atoms with Gasteiger partial charge in [-0.15, -0.1) is 23.7 Å². The Balaban J connectivity index is 0.00000208. The SMILES string of the molecule is CC1CNCCN1C(=O)Cc1ccc(S(=O)(=O)N2CCCC2)s1.Cl. The van der Waals surface area contributed by atoms with E-state index in [0.29, 0.717) is 23.8 Å². The summed E-state index contributed by atoms with van der Waals surface area (Å²) < 4.78 is 26.9. The van der Waals surface area contributed by atoms with Crippen LogP contribution in [-0.4, -0.2) is 62.3 Å². The number of carbonyl (C=O) groups excluding carboxylic acids is 1. The molecule has 3 rings (SSSR count). The zero-order valence-corrected chi connectivity index (χ0v) is 16.2. The number of sulfonamides is 1. The van der Waals surface area contributed by atoms with Gasteiger partial charge in [-0.05, 0) is 31.9 Å². The van der Waals surface area contributed by atoms with Crippen molar-refractivity contribution >= 4 is 39.7 Å². The van der Waals surface area contributed by atoms with E-state index in [1.165, 1.54) is 11.3 Å². The lowest BCUT2D eigenvalue weighted by Gasteiger charge is -2.34. The fraction of sp³-hybridized carbons (Fsp3) is 0.667. The van der Waals surface area contributed by atoms with Crippen LogP contribution < -0.4 is 5.32 Å². The molecule has 0 aromatic carbocycles. The van der Waals surface area contributed by atoms with E-state index in [4.69, 9.17) is 0 Å². The molecule has 2 aliphatic heterocycles. The van der Waals surface area contributed by atoms with Crippen molar-refractivity contribution in [1.29, 1.82) is 0 Å². The molecule has 0 bridgehead atoms. The molecular weight excluding hydrogens is 370 g/mol. The molecule has 24 heavy (non-hydrogen) atoms. The summed E-state index contributed by atoms with van der Waals surface area (Å²) in [4.78, 5) is 15.1. The van der Waals surface area contributed by atoms with Gasteiger partial charge >= 0.3 is 0 Å². The fourth-order valence-electron chi connectivity index (χ4n) is 3.11. The highest BCUT2D eigenvalue weighted by atomic mass is 35.5. The second-order valence-electron chi connectivity index (χ2n) is 6.15. The Morgan fingerprint density at radius 1 is 1.29 bits per heavy atom. The second-order valence-corrected chi connectivity index (χ2v) is 9.48. The van der Waals surface area contributed by atoms with Crippen molar-refractivity contribution in [1.82, 2.24) is 14.5 Å². The van der Waals surface area contributed by atoms with Crippen molar-refractivity contribution in [3.63, 3.8) is 0 Å². The highest BCUT2D eigenvalue weighted by molar-refractivity contribution is 7.91. The minimum absolute atomic E-state index is 0. The molecule has 1 atom stereocenters. The zero-order valence-electron chi connectivity index (χ0n) is 13.7. The van der Waals surface area contributed by atoms with Crippen molar-refractivity contribution in [2.24, 2.45) is 0 Å². The molecular formula is C15H24ClN3O3S2. The summed E-state index contributed by atoms with van der Waals surface area (Å²) in [5.74, 6) is 0.0750. The predicted octanol–water partition coefficient (Wildman–Crippen LogP) is 1.32. The number of carbonyl (C=O) groups is 1. The van der Waals surface area contributed by atoms with Gasteiger partial charge in [0.2, 0.25) is 5.91 Å². The number of rotatable bonds is 4. The van der Waals surface area contributed by atoms with Gasteiger partial charge in [0.1, 0.15) is 4.21 Å². The molecule has 2 aliphatic rings. The van der Waals surface area contributed by atoms with Gasteiger partial charge in [0.05, 0.1) is 6.42 Å². The van der Waals surface area contributed by atoms with Crippen LogP contribution in [0.25, 0.3) is 0 Å². The highest BCUT2D eigenvalue weighted by Crippen LogP contribution is 2.28. The van der Waals surface area contributed by atoms with E-state index in [-0.39, 0.29) is 30.8 Å². The molecule has 0 saturated carbocycles. The molecule has 9 heteroatoms. The number of piperazine rings is 1. The van der Waals surface area contributed by atoms with Crippen LogP contribution in [0.2, 0.25) is 0 Å². The summed E-state index contributed by atoms with van der Waals surface area (Å²) in [5, 5.41) is 3.26. The summed E-state index contributed by atoms with van der Waals surface area (Å²) in [5.41, 5.74) is 0. The molecule has 1 aromatic heterocycles.